The number of benzene rings is 1. The van der Waals surface area contributed by atoms with Crippen LogP contribution in [-0.4, -0.2) is 27.9 Å². The molecule has 6 rings (SSSR count). The first-order valence-corrected chi connectivity index (χ1v) is 14.2. The van der Waals surface area contributed by atoms with Crippen molar-refractivity contribution in [1.29, 1.82) is 0 Å². The van der Waals surface area contributed by atoms with Crippen LogP contribution in [0.2, 0.25) is 0 Å². The van der Waals surface area contributed by atoms with Crippen LogP contribution in [0.25, 0.3) is 0 Å². The van der Waals surface area contributed by atoms with Gasteiger partial charge in [0.05, 0.1) is 18.2 Å². The van der Waals surface area contributed by atoms with E-state index < -0.39 is 6.10 Å². The van der Waals surface area contributed by atoms with Gasteiger partial charge in [0.1, 0.15) is 5.82 Å². The number of rotatable bonds is 4. The predicted molar refractivity (Wildman–Crippen MR) is 142 cm³/mol. The molecule has 4 aliphatic carbocycles. The number of carbonyl (C=O) groups excluding carboxylic acids is 2. The smallest absolute Gasteiger partial charge is 0.230 e. The fraction of sp³-hybridized carbons (Fsp3) is 0.500. The van der Waals surface area contributed by atoms with Crippen molar-refractivity contribution in [3.8, 4) is 0 Å². The minimum absolute atomic E-state index is 0.0597. The average Bonchev–Trinajstić information content (AvgIpc) is 3.44. The Morgan fingerprint density at radius 2 is 2.00 bits per heavy atom. The minimum atomic E-state index is -0.438. The number of hydrogen-bond acceptors (Lipinski definition) is 5. The lowest BCUT2D eigenvalue weighted by Gasteiger charge is -2.58. The van der Waals surface area contributed by atoms with Crippen LogP contribution in [0.15, 0.2) is 53.4 Å². The van der Waals surface area contributed by atoms with Gasteiger partial charge in [-0.1, -0.05) is 37.6 Å². The second-order valence-corrected chi connectivity index (χ2v) is 12.7. The van der Waals surface area contributed by atoms with Gasteiger partial charge in [0.25, 0.3) is 0 Å². The molecule has 0 radical (unpaired) electrons. The molecule has 1 heterocycles. The zero-order chi connectivity index (χ0) is 25.9. The second-order valence-electron chi connectivity index (χ2n) is 11.9. The van der Waals surface area contributed by atoms with Gasteiger partial charge in [0.15, 0.2) is 10.9 Å². The van der Waals surface area contributed by atoms with Gasteiger partial charge in [-0.05, 0) is 79.2 Å². The van der Waals surface area contributed by atoms with E-state index in [0.29, 0.717) is 17.0 Å². The van der Waals surface area contributed by atoms with E-state index in [1.807, 2.05) is 0 Å². The van der Waals surface area contributed by atoms with Crippen LogP contribution in [0.4, 0.5) is 9.52 Å². The number of ketones is 1. The van der Waals surface area contributed by atoms with E-state index >= 15 is 0 Å². The predicted octanol–water partition coefficient (Wildman–Crippen LogP) is 5.83. The van der Waals surface area contributed by atoms with Gasteiger partial charge in [-0.25, -0.2) is 9.37 Å². The highest BCUT2D eigenvalue weighted by molar-refractivity contribution is 7.13. The quantitative estimate of drug-likeness (QED) is 0.532. The van der Waals surface area contributed by atoms with Crippen molar-refractivity contribution in [3.05, 3.63) is 70.5 Å². The summed E-state index contributed by atoms with van der Waals surface area (Å²) in [6.45, 7) is 4.53. The molecular formula is C30H33FN2O3S. The lowest BCUT2D eigenvalue weighted by molar-refractivity contribution is -0.115. The van der Waals surface area contributed by atoms with Crippen molar-refractivity contribution in [1.82, 2.24) is 4.98 Å². The largest absolute Gasteiger partial charge is 0.393 e. The van der Waals surface area contributed by atoms with Crippen LogP contribution in [0.3, 0.4) is 0 Å². The summed E-state index contributed by atoms with van der Waals surface area (Å²) < 4.78 is 13.2. The number of hydrogen-bond donors (Lipinski definition) is 2. The molecule has 0 saturated heterocycles. The molecule has 0 bridgehead atoms. The Bertz CT molecular complexity index is 1300. The number of fused-ring (bicyclic) bond motifs is 5. The number of aromatic nitrogens is 1. The first-order valence-electron chi connectivity index (χ1n) is 13.3. The maximum absolute atomic E-state index is 13.2. The lowest BCUT2D eigenvalue weighted by atomic mass is 9.47. The number of nitrogens with zero attached hydrogens (tertiary/aromatic N) is 1. The van der Waals surface area contributed by atoms with Crippen molar-refractivity contribution in [2.75, 3.05) is 5.32 Å². The average molecular weight is 521 g/mol. The van der Waals surface area contributed by atoms with E-state index in [4.69, 9.17) is 4.98 Å². The van der Waals surface area contributed by atoms with Crippen molar-refractivity contribution in [2.24, 2.45) is 28.6 Å². The molecule has 1 amide bonds. The lowest BCUT2D eigenvalue weighted by Crippen LogP contribution is -2.55. The summed E-state index contributed by atoms with van der Waals surface area (Å²) in [5.41, 5.74) is 2.63. The molecule has 2 aromatic rings. The first kappa shape index (κ1) is 24.7. The number of anilines is 1. The van der Waals surface area contributed by atoms with E-state index in [1.165, 1.54) is 29.0 Å². The third kappa shape index (κ3) is 4.11. The Morgan fingerprint density at radius 3 is 2.78 bits per heavy atom. The van der Waals surface area contributed by atoms with Crippen molar-refractivity contribution in [3.63, 3.8) is 0 Å². The Labute approximate surface area is 220 Å². The van der Waals surface area contributed by atoms with Crippen molar-refractivity contribution < 1.29 is 19.1 Å². The summed E-state index contributed by atoms with van der Waals surface area (Å²) in [4.78, 5) is 29.4. The van der Waals surface area contributed by atoms with Gasteiger partial charge in [-0.15, -0.1) is 11.3 Å². The minimum Gasteiger partial charge on any atom is -0.393 e. The monoisotopic (exact) mass is 520 g/mol. The van der Waals surface area contributed by atoms with E-state index in [9.17, 15) is 19.1 Å². The van der Waals surface area contributed by atoms with E-state index in [1.54, 1.807) is 24.3 Å². The zero-order valence-electron chi connectivity index (χ0n) is 21.2. The van der Waals surface area contributed by atoms with Crippen LogP contribution in [0.1, 0.15) is 63.1 Å². The van der Waals surface area contributed by atoms with E-state index in [0.717, 1.165) is 43.4 Å². The summed E-state index contributed by atoms with van der Waals surface area (Å²) in [5, 5.41) is 17.1. The number of aliphatic hydroxyl groups excluding tert-OH is 1. The molecule has 3 saturated carbocycles. The molecule has 7 unspecified atom stereocenters. The van der Waals surface area contributed by atoms with Crippen LogP contribution in [0.5, 0.6) is 0 Å². The third-order valence-electron chi connectivity index (χ3n) is 9.90. The topological polar surface area (TPSA) is 79.3 Å². The number of halogens is 1. The van der Waals surface area contributed by atoms with Gasteiger partial charge < -0.3 is 10.4 Å². The fourth-order valence-corrected chi connectivity index (χ4v) is 9.05. The van der Waals surface area contributed by atoms with Crippen molar-refractivity contribution in [2.45, 2.75) is 64.4 Å². The molecule has 7 heteroatoms. The van der Waals surface area contributed by atoms with Crippen LogP contribution < -0.4 is 5.32 Å². The number of carbonyl (C=O) groups is 2. The Balaban J connectivity index is 1.19. The molecule has 1 aromatic heterocycles. The molecule has 194 valence electrons. The molecule has 4 aliphatic rings. The fourth-order valence-electron chi connectivity index (χ4n) is 8.27. The van der Waals surface area contributed by atoms with Gasteiger partial charge >= 0.3 is 0 Å². The number of aliphatic hydroxyl groups is 1. The van der Waals surface area contributed by atoms with Gasteiger partial charge in [0, 0.05) is 22.6 Å². The van der Waals surface area contributed by atoms with Gasteiger partial charge in [-0.2, -0.15) is 0 Å². The van der Waals surface area contributed by atoms with Gasteiger partial charge in [0.2, 0.25) is 5.91 Å². The second kappa shape index (κ2) is 8.98. The van der Waals surface area contributed by atoms with Crippen LogP contribution >= 0.6 is 11.3 Å². The Kier molecular flexibility index (Phi) is 5.99. The molecule has 5 nitrogen and oxygen atoms in total. The zero-order valence-corrected chi connectivity index (χ0v) is 22.1. The highest BCUT2D eigenvalue weighted by Gasteiger charge is 2.62. The summed E-state index contributed by atoms with van der Waals surface area (Å²) >= 11 is 1.44. The number of amides is 1. The van der Waals surface area contributed by atoms with Crippen LogP contribution in [0, 0.1) is 34.4 Å². The molecular weight excluding hydrogens is 487 g/mol. The SMILES string of the molecule is CC12C=CC(=O)C=C1CCC1C2C(O)CC2(C)C(c3csc(NC(=O)Cc4ccc(F)cc4)n3)CCC12. The molecule has 37 heavy (non-hydrogen) atoms. The van der Waals surface area contributed by atoms with E-state index in [-0.39, 0.29) is 46.6 Å². The van der Waals surface area contributed by atoms with Crippen LogP contribution in [-0.2, 0) is 16.0 Å². The Hall–Kier alpha value is -2.64. The normalized spacial score (nSPS) is 36.4. The molecule has 0 aliphatic heterocycles. The van der Waals surface area contributed by atoms with Crippen molar-refractivity contribution >= 4 is 28.2 Å². The number of nitrogens with one attached hydrogen (secondary N) is 1. The van der Waals surface area contributed by atoms with Gasteiger partial charge in [-0.3, -0.25) is 9.59 Å². The maximum Gasteiger partial charge on any atom is 0.230 e. The van der Waals surface area contributed by atoms with E-state index in [2.05, 4.69) is 30.6 Å². The highest BCUT2D eigenvalue weighted by atomic mass is 32.1. The number of thiazole rings is 1. The molecule has 2 N–H and O–H groups in total. The highest BCUT2D eigenvalue weighted by Crippen LogP contribution is 2.67. The first-order chi connectivity index (χ1) is 17.7. The summed E-state index contributed by atoms with van der Waals surface area (Å²) in [6, 6.07) is 5.96. The summed E-state index contributed by atoms with van der Waals surface area (Å²) in [6.07, 6.45) is 10.1. The maximum atomic E-state index is 13.2. The molecule has 1 aromatic carbocycles. The Morgan fingerprint density at radius 1 is 1.22 bits per heavy atom. The summed E-state index contributed by atoms with van der Waals surface area (Å²) in [5.74, 6) is 0.843. The number of allylic oxidation sites excluding steroid dienone is 4. The standard InChI is InChI=1S/C30H33FN2O3S/c1-29-12-11-20(34)14-18(29)5-8-21-22-9-10-23(30(22,2)15-25(35)27(21)29)24-16-37-28(32-24)33-26(36)13-17-3-6-19(31)7-4-17/h3-4,6-7,11-12,14,16,21-23,25,27,35H,5,8-10,13,15H2,1-2H3,(H,32,33,36). The molecule has 7 atom stereocenters. The third-order valence-corrected chi connectivity index (χ3v) is 10.7. The molecule has 0 spiro atoms. The molecule has 3 fully saturated rings. The summed E-state index contributed by atoms with van der Waals surface area (Å²) in [7, 11) is 0.